The molecule has 0 aliphatic heterocycles. The SMILES string of the molecule is Cn1c(CCNC(=O)Oc2ccccc2)nc2ccccc2c1=O. The molecule has 24 heavy (non-hydrogen) atoms. The molecule has 1 heterocycles. The van der Waals surface area contributed by atoms with Gasteiger partial charge in [0.15, 0.2) is 0 Å². The molecule has 1 amide bonds. The molecule has 0 unspecified atom stereocenters. The first-order chi connectivity index (χ1) is 11.6. The zero-order valence-corrected chi connectivity index (χ0v) is 13.2. The Kier molecular flexibility index (Phi) is 4.56. The first-order valence-corrected chi connectivity index (χ1v) is 7.60. The van der Waals surface area contributed by atoms with Crippen molar-refractivity contribution in [3.63, 3.8) is 0 Å². The molecular formula is C18H17N3O3. The highest BCUT2D eigenvalue weighted by Gasteiger charge is 2.09. The minimum absolute atomic E-state index is 0.0949. The van der Waals surface area contributed by atoms with Gasteiger partial charge in [-0.15, -0.1) is 0 Å². The summed E-state index contributed by atoms with van der Waals surface area (Å²) in [4.78, 5) is 28.5. The number of hydrogen-bond acceptors (Lipinski definition) is 4. The second-order valence-electron chi connectivity index (χ2n) is 5.29. The van der Waals surface area contributed by atoms with Crippen LogP contribution in [0.25, 0.3) is 10.9 Å². The fourth-order valence-corrected chi connectivity index (χ4v) is 2.40. The Morgan fingerprint density at radius 1 is 1.12 bits per heavy atom. The van der Waals surface area contributed by atoms with Crippen LogP contribution >= 0.6 is 0 Å². The molecule has 3 rings (SSSR count). The lowest BCUT2D eigenvalue weighted by atomic mass is 10.2. The van der Waals surface area contributed by atoms with Crippen LogP contribution in [0.3, 0.4) is 0 Å². The molecule has 6 nitrogen and oxygen atoms in total. The minimum Gasteiger partial charge on any atom is -0.410 e. The van der Waals surface area contributed by atoms with Gasteiger partial charge in [-0.2, -0.15) is 0 Å². The van der Waals surface area contributed by atoms with Crippen molar-refractivity contribution < 1.29 is 9.53 Å². The fraction of sp³-hybridized carbons (Fsp3) is 0.167. The Morgan fingerprint density at radius 2 is 1.83 bits per heavy atom. The molecule has 0 aliphatic carbocycles. The van der Waals surface area contributed by atoms with Gasteiger partial charge < -0.3 is 10.1 Å². The van der Waals surface area contributed by atoms with Crippen LogP contribution in [0.2, 0.25) is 0 Å². The van der Waals surface area contributed by atoms with Gasteiger partial charge in [-0.25, -0.2) is 9.78 Å². The van der Waals surface area contributed by atoms with Gasteiger partial charge in [-0.05, 0) is 24.3 Å². The minimum atomic E-state index is -0.535. The number of nitrogens with one attached hydrogen (secondary N) is 1. The van der Waals surface area contributed by atoms with Gasteiger partial charge in [0.1, 0.15) is 11.6 Å². The molecule has 1 aromatic heterocycles. The lowest BCUT2D eigenvalue weighted by Crippen LogP contribution is -2.31. The van der Waals surface area contributed by atoms with E-state index >= 15 is 0 Å². The average molecular weight is 323 g/mol. The number of ether oxygens (including phenoxy) is 1. The normalized spacial score (nSPS) is 10.5. The van der Waals surface area contributed by atoms with E-state index in [0.29, 0.717) is 35.4 Å². The zero-order chi connectivity index (χ0) is 16.9. The quantitative estimate of drug-likeness (QED) is 0.799. The Bertz CT molecular complexity index is 920. The van der Waals surface area contributed by atoms with Crippen molar-refractivity contribution in [3.05, 3.63) is 70.8 Å². The first-order valence-electron chi connectivity index (χ1n) is 7.60. The van der Waals surface area contributed by atoms with Crippen molar-refractivity contribution in [3.8, 4) is 5.75 Å². The molecule has 6 heteroatoms. The fourth-order valence-electron chi connectivity index (χ4n) is 2.40. The number of carbonyl (C=O) groups excluding carboxylic acids is 1. The van der Waals surface area contributed by atoms with E-state index in [4.69, 9.17) is 4.74 Å². The number of rotatable bonds is 4. The highest BCUT2D eigenvalue weighted by atomic mass is 16.6. The van der Waals surface area contributed by atoms with Gasteiger partial charge in [0.25, 0.3) is 5.56 Å². The third-order valence-corrected chi connectivity index (χ3v) is 3.65. The molecule has 0 saturated carbocycles. The average Bonchev–Trinajstić information content (AvgIpc) is 2.60. The highest BCUT2D eigenvalue weighted by molar-refractivity contribution is 5.77. The van der Waals surface area contributed by atoms with Gasteiger partial charge in [0.05, 0.1) is 10.9 Å². The molecule has 2 aromatic carbocycles. The van der Waals surface area contributed by atoms with Crippen LogP contribution in [0, 0.1) is 0 Å². The van der Waals surface area contributed by atoms with E-state index in [1.165, 1.54) is 4.57 Å². The number of para-hydroxylation sites is 2. The summed E-state index contributed by atoms with van der Waals surface area (Å²) in [5.41, 5.74) is 0.560. The molecule has 0 radical (unpaired) electrons. The maximum absolute atomic E-state index is 12.3. The molecule has 0 fully saturated rings. The van der Waals surface area contributed by atoms with Crippen molar-refractivity contribution in [2.24, 2.45) is 7.05 Å². The highest BCUT2D eigenvalue weighted by Crippen LogP contribution is 2.09. The smallest absolute Gasteiger partial charge is 0.410 e. The number of fused-ring (bicyclic) bond motifs is 1. The third kappa shape index (κ3) is 3.43. The summed E-state index contributed by atoms with van der Waals surface area (Å²) in [6.45, 7) is 0.324. The predicted molar refractivity (Wildman–Crippen MR) is 91.2 cm³/mol. The molecule has 0 atom stereocenters. The molecule has 0 spiro atoms. The molecular weight excluding hydrogens is 306 g/mol. The summed E-state index contributed by atoms with van der Waals surface area (Å²) in [7, 11) is 1.68. The number of aromatic nitrogens is 2. The van der Waals surface area contributed by atoms with E-state index in [9.17, 15) is 9.59 Å². The molecule has 0 aliphatic rings. The van der Waals surface area contributed by atoms with Crippen molar-refractivity contribution in [2.45, 2.75) is 6.42 Å². The standard InChI is InChI=1S/C18H17N3O3/c1-21-16(20-15-10-6-5-9-14(15)17(21)22)11-12-19-18(23)24-13-7-3-2-4-8-13/h2-10H,11-12H2,1H3,(H,19,23). The molecule has 3 aromatic rings. The molecule has 0 saturated heterocycles. The number of hydrogen-bond donors (Lipinski definition) is 1. The van der Waals surface area contributed by atoms with Crippen molar-refractivity contribution in [2.75, 3.05) is 6.54 Å². The van der Waals surface area contributed by atoms with Crippen LogP contribution < -0.4 is 15.6 Å². The van der Waals surface area contributed by atoms with Crippen LogP contribution in [0.15, 0.2) is 59.4 Å². The topological polar surface area (TPSA) is 73.2 Å². The van der Waals surface area contributed by atoms with E-state index < -0.39 is 6.09 Å². The number of benzene rings is 2. The van der Waals surface area contributed by atoms with Crippen LogP contribution in [0.1, 0.15) is 5.82 Å². The Balaban J connectivity index is 1.65. The van der Waals surface area contributed by atoms with Crippen molar-refractivity contribution in [1.29, 1.82) is 0 Å². The first kappa shape index (κ1) is 15.7. The summed E-state index contributed by atoms with van der Waals surface area (Å²) in [6.07, 6.45) is -0.104. The van der Waals surface area contributed by atoms with Gasteiger partial charge in [0.2, 0.25) is 0 Å². The monoisotopic (exact) mass is 323 g/mol. The maximum atomic E-state index is 12.3. The summed E-state index contributed by atoms with van der Waals surface area (Å²) in [6, 6.07) is 16.0. The van der Waals surface area contributed by atoms with Crippen molar-refractivity contribution >= 4 is 17.0 Å². The Hall–Kier alpha value is -3.15. The second kappa shape index (κ2) is 6.95. The molecule has 122 valence electrons. The summed E-state index contributed by atoms with van der Waals surface area (Å²) in [5.74, 6) is 1.09. The zero-order valence-electron chi connectivity index (χ0n) is 13.2. The largest absolute Gasteiger partial charge is 0.412 e. The van der Waals surface area contributed by atoms with E-state index in [-0.39, 0.29) is 5.56 Å². The Morgan fingerprint density at radius 3 is 2.62 bits per heavy atom. The van der Waals surface area contributed by atoms with E-state index in [1.54, 1.807) is 43.4 Å². The van der Waals surface area contributed by atoms with Gasteiger partial charge >= 0.3 is 6.09 Å². The Labute approximate surface area is 138 Å². The second-order valence-corrected chi connectivity index (χ2v) is 5.29. The van der Waals surface area contributed by atoms with E-state index in [1.807, 2.05) is 18.2 Å². The van der Waals surface area contributed by atoms with Crippen LogP contribution in [-0.4, -0.2) is 22.2 Å². The lowest BCUT2D eigenvalue weighted by Gasteiger charge is -2.10. The predicted octanol–water partition coefficient (Wildman–Crippen LogP) is 2.26. The summed E-state index contributed by atoms with van der Waals surface area (Å²) in [5, 5.41) is 3.24. The number of amides is 1. The van der Waals surface area contributed by atoms with Crippen LogP contribution in [-0.2, 0) is 13.5 Å². The lowest BCUT2D eigenvalue weighted by molar-refractivity contribution is 0.200. The molecule has 0 bridgehead atoms. The molecule has 1 N–H and O–H groups in total. The summed E-state index contributed by atoms with van der Waals surface area (Å²) < 4.78 is 6.64. The summed E-state index contributed by atoms with van der Waals surface area (Å²) >= 11 is 0. The van der Waals surface area contributed by atoms with E-state index in [0.717, 1.165) is 0 Å². The maximum Gasteiger partial charge on any atom is 0.412 e. The third-order valence-electron chi connectivity index (χ3n) is 3.65. The van der Waals surface area contributed by atoms with Gasteiger partial charge in [-0.1, -0.05) is 30.3 Å². The number of nitrogens with zero attached hydrogens (tertiary/aromatic N) is 2. The van der Waals surface area contributed by atoms with Crippen LogP contribution in [0.5, 0.6) is 5.75 Å². The van der Waals surface area contributed by atoms with Crippen molar-refractivity contribution in [1.82, 2.24) is 14.9 Å². The number of carbonyl (C=O) groups is 1. The van der Waals surface area contributed by atoms with Gasteiger partial charge in [0, 0.05) is 20.0 Å². The van der Waals surface area contributed by atoms with Crippen LogP contribution in [0.4, 0.5) is 4.79 Å². The van der Waals surface area contributed by atoms with Gasteiger partial charge in [-0.3, -0.25) is 9.36 Å². The van der Waals surface area contributed by atoms with E-state index in [2.05, 4.69) is 10.3 Å².